The number of ether oxygens (including phenoxy) is 3. The van der Waals surface area contributed by atoms with Gasteiger partial charge in [-0.25, -0.2) is 4.79 Å². The largest absolute Gasteiger partial charge is 0.497 e. The highest BCUT2D eigenvalue weighted by Gasteiger charge is 2.13. The minimum Gasteiger partial charge on any atom is -0.497 e. The van der Waals surface area contributed by atoms with E-state index in [1.54, 1.807) is 19.2 Å². The highest BCUT2D eigenvalue weighted by Crippen LogP contribution is 2.24. The van der Waals surface area contributed by atoms with Gasteiger partial charge in [-0.2, -0.15) is 0 Å². The molecule has 1 aromatic rings. The second-order valence-corrected chi connectivity index (χ2v) is 3.52. The van der Waals surface area contributed by atoms with E-state index in [-0.39, 0.29) is 11.7 Å². The lowest BCUT2D eigenvalue weighted by molar-refractivity contribution is 0.0645. The van der Waals surface area contributed by atoms with Gasteiger partial charge in [0.15, 0.2) is 0 Å². The molecule has 0 saturated heterocycles. The Balaban J connectivity index is 2.87. The Hall–Kier alpha value is -1.75. The molecule has 0 heterocycles. The van der Waals surface area contributed by atoms with Crippen LogP contribution in [0.2, 0.25) is 0 Å². The summed E-state index contributed by atoms with van der Waals surface area (Å²) < 4.78 is 15.4. The molecule has 0 aliphatic carbocycles. The number of benzene rings is 1. The van der Waals surface area contributed by atoms with E-state index in [2.05, 4.69) is 0 Å². The highest BCUT2D eigenvalue weighted by atomic mass is 16.5. The van der Waals surface area contributed by atoms with Crippen LogP contribution in [0.3, 0.4) is 0 Å². The first kappa shape index (κ1) is 13.3. The smallest absolute Gasteiger partial charge is 0.339 e. The van der Waals surface area contributed by atoms with Crippen LogP contribution in [0.1, 0.15) is 17.3 Å². The highest BCUT2D eigenvalue weighted by molar-refractivity contribution is 5.91. The van der Waals surface area contributed by atoms with Crippen LogP contribution in [-0.4, -0.2) is 38.0 Å². The van der Waals surface area contributed by atoms with Gasteiger partial charge in [0, 0.05) is 7.11 Å². The summed E-state index contributed by atoms with van der Waals surface area (Å²) in [7, 11) is 3.05. The molecule has 0 radical (unpaired) electrons. The normalized spacial score (nSPS) is 11.9. The van der Waals surface area contributed by atoms with Gasteiger partial charge >= 0.3 is 5.97 Å². The quantitative estimate of drug-likeness (QED) is 0.821. The first-order valence-electron chi connectivity index (χ1n) is 5.15. The summed E-state index contributed by atoms with van der Waals surface area (Å²) in [5.74, 6) is -0.263. The standard InChI is InChI=1S/C12H16O5/c1-8(15-2)7-17-11-5-4-9(16-3)6-10(11)12(13)14/h4-6,8H,7H2,1-3H3,(H,13,14). The molecule has 0 bridgehead atoms. The van der Waals surface area contributed by atoms with Gasteiger partial charge in [0.1, 0.15) is 23.7 Å². The van der Waals surface area contributed by atoms with Gasteiger partial charge in [-0.3, -0.25) is 0 Å². The molecule has 1 rings (SSSR count). The fraction of sp³-hybridized carbons (Fsp3) is 0.417. The Morgan fingerprint density at radius 1 is 1.41 bits per heavy atom. The zero-order valence-electron chi connectivity index (χ0n) is 10.1. The third kappa shape index (κ3) is 3.64. The fourth-order valence-corrected chi connectivity index (χ4v) is 1.20. The van der Waals surface area contributed by atoms with E-state index in [1.165, 1.54) is 13.2 Å². The summed E-state index contributed by atoms with van der Waals surface area (Å²) in [5.41, 5.74) is 0.0765. The molecule has 1 aromatic carbocycles. The minimum atomic E-state index is -1.05. The lowest BCUT2D eigenvalue weighted by Gasteiger charge is -2.13. The van der Waals surface area contributed by atoms with Crippen molar-refractivity contribution >= 4 is 5.97 Å². The predicted octanol–water partition coefficient (Wildman–Crippen LogP) is 1.81. The Morgan fingerprint density at radius 2 is 2.12 bits per heavy atom. The molecule has 94 valence electrons. The van der Waals surface area contributed by atoms with Crippen molar-refractivity contribution in [2.24, 2.45) is 0 Å². The number of aromatic carboxylic acids is 1. The number of hydrogen-bond donors (Lipinski definition) is 1. The second kappa shape index (κ2) is 6.10. The topological polar surface area (TPSA) is 65.0 Å². The number of carbonyl (C=O) groups is 1. The number of hydrogen-bond acceptors (Lipinski definition) is 4. The van der Waals surface area contributed by atoms with Crippen molar-refractivity contribution in [3.05, 3.63) is 23.8 Å². The first-order valence-corrected chi connectivity index (χ1v) is 5.15. The Morgan fingerprint density at radius 3 is 2.65 bits per heavy atom. The second-order valence-electron chi connectivity index (χ2n) is 3.52. The van der Waals surface area contributed by atoms with Gasteiger partial charge in [0.25, 0.3) is 0 Å². The van der Waals surface area contributed by atoms with Crippen LogP contribution in [0, 0.1) is 0 Å². The molecule has 1 unspecified atom stereocenters. The van der Waals surface area contributed by atoms with Gasteiger partial charge in [-0.05, 0) is 25.1 Å². The van der Waals surface area contributed by atoms with Crippen LogP contribution in [0.5, 0.6) is 11.5 Å². The Labute approximate surface area is 99.9 Å². The zero-order valence-corrected chi connectivity index (χ0v) is 10.1. The summed E-state index contributed by atoms with van der Waals surface area (Å²) in [6.45, 7) is 2.13. The van der Waals surface area contributed by atoms with Crippen LogP contribution in [0.4, 0.5) is 0 Å². The average Bonchev–Trinajstić information content (AvgIpc) is 2.35. The summed E-state index contributed by atoms with van der Waals surface area (Å²) in [5, 5.41) is 9.04. The van der Waals surface area contributed by atoms with Crippen LogP contribution in [0.15, 0.2) is 18.2 Å². The van der Waals surface area contributed by atoms with E-state index >= 15 is 0 Å². The van der Waals surface area contributed by atoms with Gasteiger partial charge in [0.05, 0.1) is 13.2 Å². The molecule has 0 fully saturated rings. The van der Waals surface area contributed by atoms with Crippen LogP contribution >= 0.6 is 0 Å². The molecule has 0 aromatic heterocycles. The maximum Gasteiger partial charge on any atom is 0.339 e. The molecule has 1 atom stereocenters. The number of methoxy groups -OCH3 is 2. The predicted molar refractivity (Wildman–Crippen MR) is 61.9 cm³/mol. The van der Waals surface area contributed by atoms with E-state index < -0.39 is 5.97 Å². The zero-order chi connectivity index (χ0) is 12.8. The van der Waals surface area contributed by atoms with E-state index in [1.807, 2.05) is 6.92 Å². The molecule has 0 spiro atoms. The summed E-state index contributed by atoms with van der Waals surface area (Å²) in [4.78, 5) is 11.0. The maximum atomic E-state index is 11.0. The van der Waals surface area contributed by atoms with Crippen LogP contribution in [-0.2, 0) is 4.74 Å². The molecule has 17 heavy (non-hydrogen) atoms. The van der Waals surface area contributed by atoms with Crippen molar-refractivity contribution in [3.63, 3.8) is 0 Å². The SMILES string of the molecule is COc1ccc(OCC(C)OC)c(C(=O)O)c1. The van der Waals surface area contributed by atoms with Crippen molar-refractivity contribution in [2.45, 2.75) is 13.0 Å². The third-order valence-corrected chi connectivity index (χ3v) is 2.29. The average molecular weight is 240 g/mol. The number of carboxylic acid groups (broad SMARTS) is 1. The molecular weight excluding hydrogens is 224 g/mol. The lowest BCUT2D eigenvalue weighted by Crippen LogP contribution is -2.17. The van der Waals surface area contributed by atoms with Crippen molar-refractivity contribution in [2.75, 3.05) is 20.8 Å². The molecule has 0 saturated carbocycles. The van der Waals surface area contributed by atoms with Crippen molar-refractivity contribution in [3.8, 4) is 11.5 Å². The molecular formula is C12H16O5. The molecule has 0 aliphatic heterocycles. The number of carboxylic acids is 1. The Bertz CT molecular complexity index is 388. The monoisotopic (exact) mass is 240 g/mol. The van der Waals surface area contributed by atoms with Crippen LogP contribution in [0.25, 0.3) is 0 Å². The van der Waals surface area contributed by atoms with Crippen molar-refractivity contribution < 1.29 is 24.1 Å². The molecule has 5 nitrogen and oxygen atoms in total. The summed E-state index contributed by atoms with van der Waals surface area (Å²) in [6, 6.07) is 4.65. The summed E-state index contributed by atoms with van der Waals surface area (Å²) in [6.07, 6.45) is -0.0984. The van der Waals surface area contributed by atoms with E-state index in [4.69, 9.17) is 19.3 Å². The molecule has 0 amide bonds. The molecule has 5 heteroatoms. The maximum absolute atomic E-state index is 11.0. The van der Waals surface area contributed by atoms with Gasteiger partial charge < -0.3 is 19.3 Å². The van der Waals surface area contributed by atoms with Crippen molar-refractivity contribution in [1.29, 1.82) is 0 Å². The number of rotatable bonds is 6. The van der Waals surface area contributed by atoms with Crippen molar-refractivity contribution in [1.82, 2.24) is 0 Å². The third-order valence-electron chi connectivity index (χ3n) is 2.29. The summed E-state index contributed by atoms with van der Waals surface area (Å²) >= 11 is 0. The first-order chi connectivity index (χ1) is 8.08. The van der Waals surface area contributed by atoms with E-state index in [9.17, 15) is 4.79 Å². The van der Waals surface area contributed by atoms with Crippen LogP contribution < -0.4 is 9.47 Å². The van der Waals surface area contributed by atoms with E-state index in [0.29, 0.717) is 18.1 Å². The van der Waals surface area contributed by atoms with E-state index in [0.717, 1.165) is 0 Å². The molecule has 0 aliphatic rings. The van der Waals surface area contributed by atoms with Gasteiger partial charge in [-0.1, -0.05) is 0 Å². The van der Waals surface area contributed by atoms with Gasteiger partial charge in [-0.15, -0.1) is 0 Å². The minimum absolute atomic E-state index is 0.0765. The fourth-order valence-electron chi connectivity index (χ4n) is 1.20. The molecule has 1 N–H and O–H groups in total. The lowest BCUT2D eigenvalue weighted by atomic mass is 10.2. The van der Waals surface area contributed by atoms with Gasteiger partial charge in [0.2, 0.25) is 0 Å². The Kier molecular flexibility index (Phi) is 4.78.